The molecule has 1 aromatic rings. The molecular weight excluding hydrogens is 264 g/mol. The summed E-state index contributed by atoms with van der Waals surface area (Å²) in [6.07, 6.45) is 6.43. The predicted molar refractivity (Wildman–Crippen MR) is 84.3 cm³/mol. The molecule has 0 radical (unpaired) electrons. The Bertz CT molecular complexity index is 440. The Labute approximate surface area is 128 Å². The number of aromatic nitrogens is 2. The van der Waals surface area contributed by atoms with Gasteiger partial charge in [-0.05, 0) is 31.2 Å². The van der Waals surface area contributed by atoms with Crippen molar-refractivity contribution < 1.29 is 9.84 Å². The molecule has 1 aliphatic rings. The van der Waals surface area contributed by atoms with Gasteiger partial charge in [0.25, 0.3) is 0 Å². The molecule has 4 nitrogen and oxygen atoms in total. The van der Waals surface area contributed by atoms with Crippen LogP contribution in [0.3, 0.4) is 0 Å². The molecule has 2 heterocycles. The van der Waals surface area contributed by atoms with Crippen LogP contribution >= 0.6 is 0 Å². The Balaban J connectivity index is 2.03. The summed E-state index contributed by atoms with van der Waals surface area (Å²) in [6.45, 7) is 9.33. The maximum Gasteiger partial charge on any atom is 0.0750 e. The molecule has 120 valence electrons. The van der Waals surface area contributed by atoms with E-state index in [1.165, 1.54) is 0 Å². The Morgan fingerprint density at radius 3 is 2.76 bits per heavy atom. The lowest BCUT2D eigenvalue weighted by molar-refractivity contribution is -0.116. The molecule has 4 heteroatoms. The Morgan fingerprint density at radius 1 is 1.43 bits per heavy atom. The van der Waals surface area contributed by atoms with E-state index >= 15 is 0 Å². The summed E-state index contributed by atoms with van der Waals surface area (Å²) in [5.41, 5.74) is 0.328. The van der Waals surface area contributed by atoms with Gasteiger partial charge in [-0.25, -0.2) is 0 Å². The largest absolute Gasteiger partial charge is 0.389 e. The number of aliphatic hydroxyl groups is 1. The average Bonchev–Trinajstić information content (AvgIpc) is 2.87. The van der Waals surface area contributed by atoms with Crippen molar-refractivity contribution in [3.8, 4) is 0 Å². The third kappa shape index (κ3) is 4.07. The highest BCUT2D eigenvalue weighted by Gasteiger charge is 2.36. The van der Waals surface area contributed by atoms with Gasteiger partial charge in [0.1, 0.15) is 0 Å². The third-order valence-corrected chi connectivity index (χ3v) is 4.71. The van der Waals surface area contributed by atoms with E-state index in [9.17, 15) is 5.11 Å². The lowest BCUT2D eigenvalue weighted by Gasteiger charge is -2.38. The molecule has 1 saturated heterocycles. The number of ether oxygens (including phenoxy) is 1. The van der Waals surface area contributed by atoms with Gasteiger partial charge in [0.2, 0.25) is 0 Å². The molecule has 0 aromatic carbocycles. The molecule has 0 bridgehead atoms. The van der Waals surface area contributed by atoms with Crippen LogP contribution in [0.1, 0.15) is 65.1 Å². The third-order valence-electron chi connectivity index (χ3n) is 4.71. The Morgan fingerprint density at radius 2 is 2.14 bits per heavy atom. The molecule has 0 saturated carbocycles. The van der Waals surface area contributed by atoms with Crippen molar-refractivity contribution in [3.63, 3.8) is 0 Å². The highest BCUT2D eigenvalue weighted by Crippen LogP contribution is 2.31. The first-order valence-corrected chi connectivity index (χ1v) is 8.35. The van der Waals surface area contributed by atoms with E-state index in [-0.39, 0.29) is 6.10 Å². The summed E-state index contributed by atoms with van der Waals surface area (Å²) in [6, 6.07) is 2.52. The van der Waals surface area contributed by atoms with Crippen LogP contribution in [-0.2, 0) is 11.2 Å². The second kappa shape index (κ2) is 6.93. The van der Waals surface area contributed by atoms with Crippen LogP contribution in [0.15, 0.2) is 12.3 Å². The van der Waals surface area contributed by atoms with Gasteiger partial charge < -0.3 is 9.84 Å². The lowest BCUT2D eigenvalue weighted by atomic mass is 9.83. The van der Waals surface area contributed by atoms with Crippen LogP contribution < -0.4 is 0 Å². The zero-order chi connectivity index (χ0) is 15.5. The molecule has 0 amide bonds. The van der Waals surface area contributed by atoms with Crippen LogP contribution in [-0.4, -0.2) is 33.2 Å². The first kappa shape index (κ1) is 16.5. The number of rotatable bonds is 6. The summed E-state index contributed by atoms with van der Waals surface area (Å²) in [5, 5.41) is 15.6. The maximum atomic E-state index is 10.9. The first-order valence-electron chi connectivity index (χ1n) is 8.35. The van der Waals surface area contributed by atoms with Gasteiger partial charge in [-0.2, -0.15) is 5.10 Å². The van der Waals surface area contributed by atoms with E-state index in [0.717, 1.165) is 18.5 Å². The van der Waals surface area contributed by atoms with E-state index in [1.54, 1.807) is 0 Å². The topological polar surface area (TPSA) is 47.3 Å². The quantitative estimate of drug-likeness (QED) is 0.875. The summed E-state index contributed by atoms with van der Waals surface area (Å²) >= 11 is 0. The number of hydrogen-bond donors (Lipinski definition) is 1. The standard InChI is InChI=1S/C17H30N2O2/c1-5-15(6-2)19-9-7-14(18-19)11-17(20)8-10-21-16(12-17)13(3)4/h7,9,13,15-16,20H,5-6,8,10-12H2,1-4H3. The summed E-state index contributed by atoms with van der Waals surface area (Å²) in [4.78, 5) is 0. The second-order valence-electron chi connectivity index (χ2n) is 6.77. The van der Waals surface area contributed by atoms with Crippen molar-refractivity contribution in [1.29, 1.82) is 0 Å². The fourth-order valence-electron chi connectivity index (χ4n) is 3.20. The molecule has 2 atom stereocenters. The SMILES string of the molecule is CCC(CC)n1ccc(CC2(O)CCOC(C(C)C)C2)n1. The van der Waals surface area contributed by atoms with Gasteiger partial charge in [-0.3, -0.25) is 4.68 Å². The van der Waals surface area contributed by atoms with Crippen molar-refractivity contribution in [3.05, 3.63) is 18.0 Å². The molecule has 0 spiro atoms. The fraction of sp³-hybridized carbons (Fsp3) is 0.824. The van der Waals surface area contributed by atoms with Crippen LogP contribution in [0.25, 0.3) is 0 Å². The van der Waals surface area contributed by atoms with Crippen molar-refractivity contribution in [2.45, 2.75) is 77.5 Å². The zero-order valence-corrected chi connectivity index (χ0v) is 13.9. The van der Waals surface area contributed by atoms with Crippen LogP contribution in [0, 0.1) is 5.92 Å². The van der Waals surface area contributed by atoms with Crippen LogP contribution in [0.4, 0.5) is 0 Å². The highest BCUT2D eigenvalue weighted by molar-refractivity contribution is 5.06. The molecule has 1 aliphatic heterocycles. The highest BCUT2D eigenvalue weighted by atomic mass is 16.5. The predicted octanol–water partition coefficient (Wildman–Crippen LogP) is 3.35. The number of hydrogen-bond acceptors (Lipinski definition) is 3. The van der Waals surface area contributed by atoms with Crippen molar-refractivity contribution in [1.82, 2.24) is 9.78 Å². The number of nitrogens with zero attached hydrogens (tertiary/aromatic N) is 2. The van der Waals surface area contributed by atoms with Crippen molar-refractivity contribution >= 4 is 0 Å². The zero-order valence-electron chi connectivity index (χ0n) is 13.9. The monoisotopic (exact) mass is 294 g/mol. The van der Waals surface area contributed by atoms with Gasteiger partial charge in [0.15, 0.2) is 0 Å². The van der Waals surface area contributed by atoms with E-state index in [2.05, 4.69) is 49.7 Å². The van der Waals surface area contributed by atoms with E-state index in [1.807, 2.05) is 0 Å². The molecule has 1 N–H and O–H groups in total. The second-order valence-corrected chi connectivity index (χ2v) is 6.77. The minimum atomic E-state index is -0.666. The average molecular weight is 294 g/mol. The Kier molecular flexibility index (Phi) is 5.44. The van der Waals surface area contributed by atoms with Gasteiger partial charge in [0, 0.05) is 25.6 Å². The van der Waals surface area contributed by atoms with Gasteiger partial charge in [0.05, 0.1) is 23.4 Å². The molecular formula is C17H30N2O2. The van der Waals surface area contributed by atoms with Crippen molar-refractivity contribution in [2.24, 2.45) is 5.92 Å². The van der Waals surface area contributed by atoms with E-state index < -0.39 is 5.60 Å². The van der Waals surface area contributed by atoms with Crippen LogP contribution in [0.2, 0.25) is 0 Å². The van der Waals surface area contributed by atoms with E-state index in [4.69, 9.17) is 4.74 Å². The smallest absolute Gasteiger partial charge is 0.0750 e. The molecule has 2 unspecified atom stereocenters. The molecule has 21 heavy (non-hydrogen) atoms. The van der Waals surface area contributed by atoms with Gasteiger partial charge >= 0.3 is 0 Å². The fourth-order valence-corrected chi connectivity index (χ4v) is 3.20. The minimum absolute atomic E-state index is 0.157. The molecule has 1 aromatic heterocycles. The first-order chi connectivity index (χ1) is 9.97. The molecule has 2 rings (SSSR count). The van der Waals surface area contributed by atoms with Gasteiger partial charge in [-0.15, -0.1) is 0 Å². The normalized spacial score (nSPS) is 26.7. The van der Waals surface area contributed by atoms with E-state index in [0.29, 0.717) is 37.8 Å². The lowest BCUT2D eigenvalue weighted by Crippen LogP contribution is -2.44. The minimum Gasteiger partial charge on any atom is -0.389 e. The molecule has 1 fully saturated rings. The summed E-state index contributed by atoms with van der Waals surface area (Å²) in [7, 11) is 0. The van der Waals surface area contributed by atoms with Gasteiger partial charge in [-0.1, -0.05) is 27.7 Å². The summed E-state index contributed by atoms with van der Waals surface area (Å²) in [5.74, 6) is 0.443. The maximum absolute atomic E-state index is 10.9. The van der Waals surface area contributed by atoms with Crippen LogP contribution in [0.5, 0.6) is 0 Å². The molecule has 0 aliphatic carbocycles. The summed E-state index contributed by atoms with van der Waals surface area (Å²) < 4.78 is 7.82. The Hall–Kier alpha value is -0.870. The van der Waals surface area contributed by atoms with Crippen molar-refractivity contribution in [2.75, 3.05) is 6.61 Å².